The number of carbonyl (C=O) groups is 1. The summed E-state index contributed by atoms with van der Waals surface area (Å²) in [5, 5.41) is 16.9. The van der Waals surface area contributed by atoms with Gasteiger partial charge in [-0.2, -0.15) is 5.26 Å². The molecule has 242 valence electrons. The summed E-state index contributed by atoms with van der Waals surface area (Å²) in [6.45, 7) is 7.43. The number of oxime groups is 1. The highest BCUT2D eigenvalue weighted by atomic mass is 16.7. The van der Waals surface area contributed by atoms with E-state index < -0.39 is 24.3 Å². The van der Waals surface area contributed by atoms with Crippen molar-refractivity contribution < 1.29 is 23.7 Å². The number of nitriles is 1. The summed E-state index contributed by atoms with van der Waals surface area (Å²) >= 11 is 0. The van der Waals surface area contributed by atoms with E-state index in [2.05, 4.69) is 49.4 Å². The molecule has 0 radical (unpaired) electrons. The third kappa shape index (κ3) is 6.11. The van der Waals surface area contributed by atoms with Crippen molar-refractivity contribution in [3.8, 4) is 6.07 Å². The predicted molar refractivity (Wildman–Crippen MR) is 179 cm³/mol. The molecule has 1 saturated heterocycles. The van der Waals surface area contributed by atoms with Gasteiger partial charge in [0.1, 0.15) is 0 Å². The molecule has 4 fully saturated rings. The van der Waals surface area contributed by atoms with Crippen molar-refractivity contribution in [3.05, 3.63) is 107 Å². The summed E-state index contributed by atoms with van der Waals surface area (Å²) < 4.78 is 19.5. The van der Waals surface area contributed by atoms with Gasteiger partial charge < -0.3 is 24.2 Å². The van der Waals surface area contributed by atoms with Crippen LogP contribution in [0, 0.1) is 28.6 Å². The highest BCUT2D eigenvalue weighted by Gasteiger charge is 2.68. The first-order chi connectivity index (χ1) is 22.7. The maximum absolute atomic E-state index is 14.5. The molecule has 2 aliphatic heterocycles. The average molecular weight is 632 g/mol. The molecule has 3 aliphatic carbocycles. The lowest BCUT2D eigenvalue weighted by molar-refractivity contribution is -0.199. The van der Waals surface area contributed by atoms with Crippen LogP contribution in [0.2, 0.25) is 0 Å². The number of benzene rings is 3. The summed E-state index contributed by atoms with van der Waals surface area (Å²) in [6.07, 6.45) is 3.32. The van der Waals surface area contributed by atoms with Crippen LogP contribution in [0.4, 0.5) is 0 Å². The molecule has 3 saturated carbocycles. The molecule has 3 aromatic carbocycles. The second-order valence-electron chi connectivity index (χ2n) is 14.5. The number of amides is 1. The Hall–Kier alpha value is -3.97. The molecule has 6 atom stereocenters. The predicted octanol–water partition coefficient (Wildman–Crippen LogP) is 5.83. The van der Waals surface area contributed by atoms with Crippen molar-refractivity contribution in [2.24, 2.45) is 22.4 Å². The Balaban J connectivity index is 1.10. The van der Waals surface area contributed by atoms with Crippen LogP contribution >= 0.6 is 0 Å². The van der Waals surface area contributed by atoms with Gasteiger partial charge in [-0.3, -0.25) is 4.79 Å². The fourth-order valence-corrected chi connectivity index (χ4v) is 8.32. The average Bonchev–Trinajstić information content (AvgIpc) is 3.66. The lowest BCUT2D eigenvalue weighted by atomic mass is 9.43. The highest BCUT2D eigenvalue weighted by molar-refractivity contribution is 6.48. The molecule has 0 aromatic heterocycles. The van der Waals surface area contributed by atoms with Gasteiger partial charge in [0.15, 0.2) is 0 Å². The molecular formula is C38H42BN3O5. The normalized spacial score (nSPS) is 29.1. The van der Waals surface area contributed by atoms with E-state index in [-0.39, 0.29) is 30.5 Å². The molecule has 9 heteroatoms. The Morgan fingerprint density at radius 2 is 1.72 bits per heavy atom. The van der Waals surface area contributed by atoms with E-state index in [0.717, 1.165) is 29.5 Å². The molecule has 2 bridgehead atoms. The number of hydrogen-bond acceptors (Lipinski definition) is 7. The van der Waals surface area contributed by atoms with Crippen molar-refractivity contribution in [1.82, 2.24) is 5.32 Å². The SMILES string of the molecule is CC1(C)[C@@H]2C[C@H]3OB([C@H](Cc4ccccc4)NC(=O)C4(Cc5ccccc5)CC(COCc5cccc(C#N)c5)=NO4)O[C@@]3(C)[C@H]1C2. The maximum Gasteiger partial charge on any atom is 0.482 e. The first-order valence-electron chi connectivity index (χ1n) is 16.7. The van der Waals surface area contributed by atoms with Crippen LogP contribution in [0.3, 0.4) is 0 Å². The minimum absolute atomic E-state index is 0.00129. The fraction of sp³-hybridized carbons (Fsp3) is 0.447. The van der Waals surface area contributed by atoms with Gasteiger partial charge in [-0.05, 0) is 72.3 Å². The molecule has 3 aromatic rings. The zero-order chi connectivity index (χ0) is 32.6. The second-order valence-corrected chi connectivity index (χ2v) is 14.5. The molecular weight excluding hydrogens is 589 g/mol. The Morgan fingerprint density at radius 3 is 2.45 bits per heavy atom. The van der Waals surface area contributed by atoms with Gasteiger partial charge >= 0.3 is 7.12 Å². The summed E-state index contributed by atoms with van der Waals surface area (Å²) in [5.74, 6) is 0.359. The van der Waals surface area contributed by atoms with E-state index in [9.17, 15) is 10.1 Å². The van der Waals surface area contributed by atoms with E-state index in [1.165, 1.54) is 0 Å². The molecule has 47 heavy (non-hydrogen) atoms. The topological polar surface area (TPSA) is 102 Å². The van der Waals surface area contributed by atoms with Crippen LogP contribution in [0.1, 0.15) is 62.3 Å². The molecule has 1 amide bonds. The van der Waals surface area contributed by atoms with Crippen LogP contribution in [-0.2, 0) is 43.1 Å². The van der Waals surface area contributed by atoms with E-state index in [1.807, 2.05) is 60.7 Å². The molecule has 8 nitrogen and oxygen atoms in total. The standard InChI is InChI=1S/C38H42BN3O5/c1-36(2)30-19-32(36)37(3)33(20-30)45-39(46-37)34(18-26-11-6-4-7-12-26)41-35(43)38(21-27-13-8-5-9-14-27)22-31(42-47-38)25-44-24-29-16-10-15-28(17-29)23-40/h4-17,30,32-34H,18-22,24-25H2,1-3H3,(H,41,43)/t30-,32-,33+,34-,37-,38?/m0/s1. The minimum atomic E-state index is -1.26. The number of ether oxygens (including phenoxy) is 1. The summed E-state index contributed by atoms with van der Waals surface area (Å²) in [7, 11) is -0.590. The number of nitrogens with one attached hydrogen (secondary N) is 1. The smallest absolute Gasteiger partial charge is 0.404 e. The third-order valence-electron chi connectivity index (χ3n) is 11.1. The first-order valence-corrected chi connectivity index (χ1v) is 16.7. The van der Waals surface area contributed by atoms with Crippen molar-refractivity contribution in [1.29, 1.82) is 5.26 Å². The van der Waals surface area contributed by atoms with Crippen LogP contribution in [0.25, 0.3) is 0 Å². The fourth-order valence-electron chi connectivity index (χ4n) is 8.32. The van der Waals surface area contributed by atoms with Gasteiger partial charge in [-0.15, -0.1) is 0 Å². The van der Waals surface area contributed by atoms with Gasteiger partial charge in [-0.1, -0.05) is 91.8 Å². The number of nitrogens with zero attached hydrogens (tertiary/aromatic N) is 2. The van der Waals surface area contributed by atoms with Gasteiger partial charge in [0, 0.05) is 12.8 Å². The third-order valence-corrected chi connectivity index (χ3v) is 11.1. The van der Waals surface area contributed by atoms with Crippen molar-refractivity contribution in [2.45, 2.75) is 82.7 Å². The lowest BCUT2D eigenvalue weighted by Gasteiger charge is -2.64. The Labute approximate surface area is 277 Å². The van der Waals surface area contributed by atoms with Crippen LogP contribution in [0.15, 0.2) is 90.1 Å². The number of hydrogen-bond donors (Lipinski definition) is 1. The summed E-state index contributed by atoms with van der Waals surface area (Å²) in [5.41, 5.74) is 2.76. The quantitative estimate of drug-likeness (QED) is 0.268. The van der Waals surface area contributed by atoms with E-state index in [1.54, 1.807) is 12.1 Å². The van der Waals surface area contributed by atoms with Gasteiger partial charge in [0.05, 0.1) is 48.2 Å². The molecule has 8 rings (SSSR count). The minimum Gasteiger partial charge on any atom is -0.404 e. The van der Waals surface area contributed by atoms with Crippen molar-refractivity contribution in [3.63, 3.8) is 0 Å². The number of carbonyl (C=O) groups excluding carboxylic acids is 1. The number of rotatable bonds is 11. The van der Waals surface area contributed by atoms with Crippen molar-refractivity contribution in [2.75, 3.05) is 6.61 Å². The maximum atomic E-state index is 14.5. The van der Waals surface area contributed by atoms with Crippen molar-refractivity contribution >= 4 is 18.7 Å². The van der Waals surface area contributed by atoms with Gasteiger partial charge in [0.2, 0.25) is 5.60 Å². The molecule has 0 spiro atoms. The summed E-state index contributed by atoms with van der Waals surface area (Å²) in [4.78, 5) is 20.6. The zero-order valence-electron chi connectivity index (χ0n) is 27.4. The van der Waals surface area contributed by atoms with Gasteiger partial charge in [-0.25, -0.2) is 0 Å². The Morgan fingerprint density at radius 1 is 1.00 bits per heavy atom. The van der Waals surface area contributed by atoms with Crippen LogP contribution < -0.4 is 5.32 Å². The molecule has 5 aliphatic rings. The van der Waals surface area contributed by atoms with Crippen LogP contribution in [-0.4, -0.2) is 48.6 Å². The zero-order valence-corrected chi connectivity index (χ0v) is 27.4. The molecule has 1 unspecified atom stereocenters. The van der Waals surface area contributed by atoms with Gasteiger partial charge in [0.25, 0.3) is 5.91 Å². The van der Waals surface area contributed by atoms with E-state index in [0.29, 0.717) is 42.6 Å². The molecule has 2 heterocycles. The monoisotopic (exact) mass is 631 g/mol. The van der Waals surface area contributed by atoms with Crippen LogP contribution in [0.5, 0.6) is 0 Å². The lowest BCUT2D eigenvalue weighted by Crippen LogP contribution is -2.65. The largest absolute Gasteiger partial charge is 0.482 e. The second kappa shape index (κ2) is 12.6. The Bertz CT molecular complexity index is 1680. The summed E-state index contributed by atoms with van der Waals surface area (Å²) in [6, 6.07) is 29.5. The Kier molecular flexibility index (Phi) is 8.46. The van der Waals surface area contributed by atoms with E-state index in [4.69, 9.17) is 18.9 Å². The molecule has 1 N–H and O–H groups in total. The van der Waals surface area contributed by atoms with E-state index >= 15 is 0 Å². The highest BCUT2D eigenvalue weighted by Crippen LogP contribution is 2.65. The first kappa shape index (κ1) is 31.6.